The Labute approximate surface area is 107 Å². The first-order valence-electron chi connectivity index (χ1n) is 6.07. The topological polar surface area (TPSA) is 40.5 Å². The summed E-state index contributed by atoms with van der Waals surface area (Å²) in [6, 6.07) is 5.10. The summed E-state index contributed by atoms with van der Waals surface area (Å²) in [7, 11) is 1.91. The predicted octanol–water partition coefficient (Wildman–Crippen LogP) is 2.47. The van der Waals surface area contributed by atoms with Crippen LogP contribution in [0.4, 0.5) is 4.39 Å². The lowest BCUT2D eigenvalue weighted by atomic mass is 10.1. The first-order chi connectivity index (χ1) is 8.40. The van der Waals surface area contributed by atoms with E-state index in [1.165, 1.54) is 6.07 Å². The van der Waals surface area contributed by atoms with Crippen LogP contribution < -0.4 is 0 Å². The normalized spacial score (nSPS) is 12.7. The molecular formula is C14H20FNO2. The third-order valence-electron chi connectivity index (χ3n) is 3.20. The molecule has 0 radical (unpaired) electrons. The van der Waals surface area contributed by atoms with Gasteiger partial charge >= 0.3 is 5.97 Å². The molecule has 0 saturated heterocycles. The van der Waals surface area contributed by atoms with Crippen LogP contribution in [0.1, 0.15) is 24.5 Å². The Morgan fingerprint density at radius 1 is 1.50 bits per heavy atom. The predicted molar refractivity (Wildman–Crippen MR) is 69.2 cm³/mol. The first kappa shape index (κ1) is 14.6. The van der Waals surface area contributed by atoms with E-state index in [9.17, 15) is 9.18 Å². The van der Waals surface area contributed by atoms with Gasteiger partial charge in [-0.25, -0.2) is 4.39 Å². The van der Waals surface area contributed by atoms with E-state index in [2.05, 4.69) is 0 Å². The zero-order valence-electron chi connectivity index (χ0n) is 11.1. The average Bonchev–Trinajstić information content (AvgIpc) is 2.29. The van der Waals surface area contributed by atoms with Crippen LogP contribution in [0.3, 0.4) is 0 Å². The van der Waals surface area contributed by atoms with E-state index in [1.807, 2.05) is 24.9 Å². The third kappa shape index (κ3) is 4.45. The Morgan fingerprint density at radius 2 is 2.17 bits per heavy atom. The van der Waals surface area contributed by atoms with Crippen molar-refractivity contribution in [1.82, 2.24) is 4.90 Å². The summed E-state index contributed by atoms with van der Waals surface area (Å²) in [6.07, 6.45) is 0.931. The van der Waals surface area contributed by atoms with E-state index in [1.54, 1.807) is 13.0 Å². The molecule has 0 bridgehead atoms. The largest absolute Gasteiger partial charge is 0.481 e. The minimum absolute atomic E-state index is 0.00375. The van der Waals surface area contributed by atoms with E-state index >= 15 is 0 Å². The van der Waals surface area contributed by atoms with Crippen molar-refractivity contribution in [2.45, 2.75) is 32.7 Å². The first-order valence-corrected chi connectivity index (χ1v) is 6.07. The van der Waals surface area contributed by atoms with Crippen molar-refractivity contribution < 1.29 is 14.3 Å². The van der Waals surface area contributed by atoms with Crippen LogP contribution in [0.25, 0.3) is 0 Å². The number of halogens is 1. The van der Waals surface area contributed by atoms with Crippen molar-refractivity contribution in [2.24, 2.45) is 0 Å². The summed E-state index contributed by atoms with van der Waals surface area (Å²) in [5.74, 6) is -0.974. The SMILES string of the molecule is Cc1cc(CCN(C)C(C)CC(=O)O)ccc1F. The number of carboxylic acids is 1. The maximum atomic E-state index is 13.1. The van der Waals surface area contributed by atoms with E-state index in [0.717, 1.165) is 18.5 Å². The van der Waals surface area contributed by atoms with Gasteiger partial charge in [-0.15, -0.1) is 0 Å². The fourth-order valence-corrected chi connectivity index (χ4v) is 1.80. The van der Waals surface area contributed by atoms with Gasteiger partial charge in [0, 0.05) is 12.6 Å². The summed E-state index contributed by atoms with van der Waals surface area (Å²) < 4.78 is 13.1. The van der Waals surface area contributed by atoms with Gasteiger partial charge in [-0.3, -0.25) is 4.79 Å². The molecule has 0 saturated carbocycles. The molecule has 18 heavy (non-hydrogen) atoms. The van der Waals surface area contributed by atoms with Crippen molar-refractivity contribution in [3.05, 3.63) is 35.1 Å². The molecule has 3 nitrogen and oxygen atoms in total. The number of aryl methyl sites for hydroxylation is 1. The summed E-state index contributed by atoms with van der Waals surface area (Å²) in [6.45, 7) is 4.40. The quantitative estimate of drug-likeness (QED) is 0.846. The lowest BCUT2D eigenvalue weighted by molar-refractivity contribution is -0.138. The molecule has 0 amide bonds. The molecule has 1 rings (SSSR count). The van der Waals surface area contributed by atoms with Gasteiger partial charge in [0.1, 0.15) is 5.82 Å². The number of rotatable bonds is 6. The zero-order chi connectivity index (χ0) is 13.7. The molecule has 1 aromatic rings. The standard InChI is InChI=1S/C14H20FNO2/c1-10-8-12(4-5-13(10)15)6-7-16(3)11(2)9-14(17)18/h4-5,8,11H,6-7,9H2,1-3H3,(H,17,18). The molecule has 0 heterocycles. The highest BCUT2D eigenvalue weighted by atomic mass is 19.1. The van der Waals surface area contributed by atoms with Crippen LogP contribution in [-0.4, -0.2) is 35.6 Å². The number of hydrogen-bond acceptors (Lipinski definition) is 2. The molecule has 1 unspecified atom stereocenters. The van der Waals surface area contributed by atoms with E-state index < -0.39 is 5.97 Å². The Hall–Kier alpha value is -1.42. The van der Waals surface area contributed by atoms with E-state index in [-0.39, 0.29) is 18.3 Å². The number of carboxylic acid groups (broad SMARTS) is 1. The second-order valence-electron chi connectivity index (χ2n) is 4.76. The minimum atomic E-state index is -0.785. The highest BCUT2D eigenvalue weighted by Crippen LogP contribution is 2.11. The average molecular weight is 253 g/mol. The molecule has 0 aromatic heterocycles. The van der Waals surface area contributed by atoms with Gasteiger partial charge in [0.25, 0.3) is 0 Å². The Morgan fingerprint density at radius 3 is 2.72 bits per heavy atom. The van der Waals surface area contributed by atoms with Crippen LogP contribution in [0.2, 0.25) is 0 Å². The van der Waals surface area contributed by atoms with Gasteiger partial charge in [-0.1, -0.05) is 12.1 Å². The highest BCUT2D eigenvalue weighted by molar-refractivity contribution is 5.67. The van der Waals surface area contributed by atoms with Crippen molar-refractivity contribution in [2.75, 3.05) is 13.6 Å². The lowest BCUT2D eigenvalue weighted by Gasteiger charge is -2.23. The fourth-order valence-electron chi connectivity index (χ4n) is 1.80. The molecule has 1 aromatic carbocycles. The van der Waals surface area contributed by atoms with Gasteiger partial charge in [0.2, 0.25) is 0 Å². The van der Waals surface area contributed by atoms with Crippen LogP contribution in [-0.2, 0) is 11.2 Å². The zero-order valence-corrected chi connectivity index (χ0v) is 11.1. The van der Waals surface area contributed by atoms with Gasteiger partial charge < -0.3 is 10.0 Å². The van der Waals surface area contributed by atoms with Crippen molar-refractivity contribution in [1.29, 1.82) is 0 Å². The van der Waals surface area contributed by atoms with Crippen molar-refractivity contribution in [3.8, 4) is 0 Å². The fraction of sp³-hybridized carbons (Fsp3) is 0.500. The molecule has 0 aliphatic rings. The Kier molecular flexibility index (Phi) is 5.28. The van der Waals surface area contributed by atoms with E-state index in [4.69, 9.17) is 5.11 Å². The number of carbonyl (C=O) groups is 1. The summed E-state index contributed by atoms with van der Waals surface area (Å²) in [4.78, 5) is 12.6. The maximum Gasteiger partial charge on any atom is 0.304 e. The molecule has 0 aliphatic heterocycles. The molecule has 0 fully saturated rings. The Bertz CT molecular complexity index is 420. The van der Waals surface area contributed by atoms with Gasteiger partial charge in [0.15, 0.2) is 0 Å². The number of aliphatic carboxylic acids is 1. The summed E-state index contributed by atoms with van der Waals surface area (Å²) >= 11 is 0. The van der Waals surface area contributed by atoms with Crippen LogP contribution in [0, 0.1) is 12.7 Å². The number of likely N-dealkylation sites (N-methyl/N-ethyl adjacent to an activating group) is 1. The smallest absolute Gasteiger partial charge is 0.304 e. The van der Waals surface area contributed by atoms with Crippen LogP contribution in [0.5, 0.6) is 0 Å². The molecule has 1 atom stereocenters. The van der Waals surface area contributed by atoms with Crippen molar-refractivity contribution in [3.63, 3.8) is 0 Å². The van der Waals surface area contributed by atoms with Crippen LogP contribution in [0.15, 0.2) is 18.2 Å². The molecule has 0 aliphatic carbocycles. The number of nitrogens with zero attached hydrogens (tertiary/aromatic N) is 1. The van der Waals surface area contributed by atoms with Gasteiger partial charge in [-0.05, 0) is 44.5 Å². The van der Waals surface area contributed by atoms with Gasteiger partial charge in [-0.2, -0.15) is 0 Å². The molecule has 0 spiro atoms. The van der Waals surface area contributed by atoms with E-state index in [0.29, 0.717) is 5.56 Å². The highest BCUT2D eigenvalue weighted by Gasteiger charge is 2.12. The monoisotopic (exact) mass is 253 g/mol. The van der Waals surface area contributed by atoms with Crippen molar-refractivity contribution >= 4 is 5.97 Å². The lowest BCUT2D eigenvalue weighted by Crippen LogP contribution is -2.32. The molecular weight excluding hydrogens is 233 g/mol. The number of hydrogen-bond donors (Lipinski definition) is 1. The Balaban J connectivity index is 2.49. The second kappa shape index (κ2) is 6.50. The second-order valence-corrected chi connectivity index (χ2v) is 4.76. The third-order valence-corrected chi connectivity index (χ3v) is 3.20. The summed E-state index contributed by atoms with van der Waals surface area (Å²) in [5, 5.41) is 8.72. The van der Waals surface area contributed by atoms with Gasteiger partial charge in [0.05, 0.1) is 6.42 Å². The molecule has 4 heteroatoms. The number of benzene rings is 1. The molecule has 1 N–H and O–H groups in total. The maximum absolute atomic E-state index is 13.1. The minimum Gasteiger partial charge on any atom is -0.481 e. The van der Waals surface area contributed by atoms with Crippen LogP contribution >= 0.6 is 0 Å². The summed E-state index contributed by atoms with van der Waals surface area (Å²) in [5.41, 5.74) is 1.72. The molecule has 100 valence electrons.